The molecule has 2 nitrogen and oxygen atoms in total. The topological polar surface area (TPSA) is 46.2 Å². The number of allylic oxidation sites excluding steroid dienone is 2. The zero-order chi connectivity index (χ0) is 11.6. The summed E-state index contributed by atoms with van der Waals surface area (Å²) in [7, 11) is 0. The zero-order valence-electron chi connectivity index (χ0n) is 8.38. The Bertz CT molecular complexity index is 296. The summed E-state index contributed by atoms with van der Waals surface area (Å²) < 4.78 is 23.4. The maximum Gasteiger partial charge on any atom is 0.304 e. The lowest BCUT2D eigenvalue weighted by atomic mass is 9.89. The summed E-state index contributed by atoms with van der Waals surface area (Å²) in [6, 6.07) is 0. The number of nitrogens with two attached hydrogens (primary N) is 1. The van der Waals surface area contributed by atoms with Crippen molar-refractivity contribution in [2.45, 2.75) is 29.8 Å². The molecule has 0 bridgehead atoms. The Kier molecular flexibility index (Phi) is 4.11. The van der Waals surface area contributed by atoms with E-state index >= 15 is 0 Å². The van der Waals surface area contributed by atoms with E-state index in [1.807, 2.05) is 0 Å². The van der Waals surface area contributed by atoms with Crippen LogP contribution in [0.3, 0.4) is 0 Å². The Morgan fingerprint density at radius 2 is 2.33 bits per heavy atom. The second kappa shape index (κ2) is 4.78. The molecule has 0 saturated carbocycles. The summed E-state index contributed by atoms with van der Waals surface area (Å²) in [5.41, 5.74) is 6.22. The van der Waals surface area contributed by atoms with Gasteiger partial charge in [0.2, 0.25) is 0 Å². The van der Waals surface area contributed by atoms with E-state index in [2.05, 4.69) is 0 Å². The van der Waals surface area contributed by atoms with E-state index in [1.54, 1.807) is 19.1 Å². The van der Waals surface area contributed by atoms with Gasteiger partial charge >= 0.3 is 3.93 Å². The largest absolute Gasteiger partial charge is 0.401 e. The predicted molar refractivity (Wildman–Crippen MR) is 63.7 cm³/mol. The Balaban J connectivity index is 3.00. The summed E-state index contributed by atoms with van der Waals surface area (Å²) in [5, 5.41) is 9.60. The average Bonchev–Trinajstić information content (AvgIpc) is 2.15. The van der Waals surface area contributed by atoms with Gasteiger partial charge in [0.05, 0.1) is 12.0 Å². The second-order valence-corrected chi connectivity index (χ2v) is 5.01. The van der Waals surface area contributed by atoms with Crippen LogP contribution < -0.4 is 5.73 Å². The average molecular weight is 329 g/mol. The van der Waals surface area contributed by atoms with Crippen LogP contribution in [0.4, 0.5) is 8.78 Å². The molecule has 0 aliphatic heterocycles. The van der Waals surface area contributed by atoms with Crippen LogP contribution in [0, 0.1) is 5.92 Å². The SMILES string of the molecule is CCC(O)C1=C(N)C(C(F)(F)I)CC=C1. The number of rotatable bonds is 3. The van der Waals surface area contributed by atoms with Gasteiger partial charge in [0.15, 0.2) is 0 Å². The smallest absolute Gasteiger partial charge is 0.304 e. The van der Waals surface area contributed by atoms with Crippen LogP contribution in [-0.4, -0.2) is 15.1 Å². The van der Waals surface area contributed by atoms with E-state index in [4.69, 9.17) is 5.73 Å². The first kappa shape index (κ1) is 12.9. The van der Waals surface area contributed by atoms with Gasteiger partial charge in [-0.15, -0.1) is 0 Å². The fraction of sp³-hybridized carbons (Fsp3) is 0.600. The first-order valence-electron chi connectivity index (χ1n) is 4.78. The van der Waals surface area contributed by atoms with Gasteiger partial charge in [0, 0.05) is 5.70 Å². The summed E-state index contributed by atoms with van der Waals surface area (Å²) >= 11 is 1.09. The standard InChI is InChI=1S/C10H14F2INO/c1-2-8(15)6-4-3-5-7(9(6)14)10(11,12)13/h3-4,7-8,15H,2,5,14H2,1H3. The van der Waals surface area contributed by atoms with Gasteiger partial charge < -0.3 is 10.8 Å². The Hall–Kier alpha value is -0.170. The molecule has 3 N–H and O–H groups in total. The first-order valence-corrected chi connectivity index (χ1v) is 5.86. The highest BCUT2D eigenvalue weighted by Crippen LogP contribution is 2.40. The molecule has 1 rings (SSSR count). The lowest BCUT2D eigenvalue weighted by Crippen LogP contribution is -2.31. The van der Waals surface area contributed by atoms with Crippen LogP contribution in [-0.2, 0) is 0 Å². The van der Waals surface area contributed by atoms with Crippen LogP contribution in [0.15, 0.2) is 23.4 Å². The van der Waals surface area contributed by atoms with Crippen molar-refractivity contribution in [1.29, 1.82) is 0 Å². The van der Waals surface area contributed by atoms with E-state index in [0.717, 1.165) is 22.6 Å². The molecule has 2 atom stereocenters. The van der Waals surface area contributed by atoms with Gasteiger partial charge in [-0.3, -0.25) is 0 Å². The third kappa shape index (κ3) is 2.90. The van der Waals surface area contributed by atoms with E-state index in [1.165, 1.54) is 0 Å². The van der Waals surface area contributed by atoms with Gasteiger partial charge in [-0.25, -0.2) is 0 Å². The highest BCUT2D eigenvalue weighted by atomic mass is 127. The van der Waals surface area contributed by atoms with Gasteiger partial charge in [-0.2, -0.15) is 8.78 Å². The molecule has 1 aliphatic carbocycles. The monoisotopic (exact) mass is 329 g/mol. The van der Waals surface area contributed by atoms with Crippen molar-refractivity contribution in [3.63, 3.8) is 0 Å². The van der Waals surface area contributed by atoms with Crippen molar-refractivity contribution in [2.24, 2.45) is 11.7 Å². The molecule has 0 heterocycles. The van der Waals surface area contributed by atoms with Gasteiger partial charge in [0.25, 0.3) is 0 Å². The molecule has 0 aromatic heterocycles. The minimum Gasteiger partial charge on any atom is -0.401 e. The lowest BCUT2D eigenvalue weighted by molar-refractivity contribution is 0.0725. The Morgan fingerprint density at radius 3 is 2.80 bits per heavy atom. The first-order chi connectivity index (χ1) is 6.88. The Morgan fingerprint density at radius 1 is 1.73 bits per heavy atom. The molecule has 0 radical (unpaired) electrons. The van der Waals surface area contributed by atoms with Gasteiger partial charge in [0.1, 0.15) is 0 Å². The normalized spacial score (nSPS) is 24.5. The number of hydrogen-bond acceptors (Lipinski definition) is 2. The third-order valence-corrected chi connectivity index (χ3v) is 3.27. The fourth-order valence-corrected chi connectivity index (χ4v) is 2.18. The zero-order valence-corrected chi connectivity index (χ0v) is 10.5. The maximum absolute atomic E-state index is 13.2. The number of halogens is 3. The number of aliphatic hydroxyl groups excluding tert-OH is 1. The molecular weight excluding hydrogens is 315 g/mol. The summed E-state index contributed by atoms with van der Waals surface area (Å²) in [6.07, 6.45) is 3.23. The number of aliphatic hydroxyl groups is 1. The third-order valence-electron chi connectivity index (χ3n) is 2.52. The summed E-state index contributed by atoms with van der Waals surface area (Å²) in [5.74, 6) is -1.00. The molecule has 86 valence electrons. The van der Waals surface area contributed by atoms with Crippen LogP contribution in [0.25, 0.3) is 0 Å². The van der Waals surface area contributed by atoms with Crippen molar-refractivity contribution >= 4 is 22.6 Å². The van der Waals surface area contributed by atoms with Gasteiger partial charge in [-0.1, -0.05) is 19.1 Å². The van der Waals surface area contributed by atoms with Crippen molar-refractivity contribution in [1.82, 2.24) is 0 Å². The van der Waals surface area contributed by atoms with Crippen molar-refractivity contribution in [3.05, 3.63) is 23.4 Å². The fourth-order valence-electron chi connectivity index (χ4n) is 1.59. The molecule has 0 saturated heterocycles. The molecule has 15 heavy (non-hydrogen) atoms. The second-order valence-electron chi connectivity index (χ2n) is 3.57. The molecule has 5 heteroatoms. The molecule has 2 unspecified atom stereocenters. The molecule has 0 aromatic carbocycles. The van der Waals surface area contributed by atoms with Crippen molar-refractivity contribution in [2.75, 3.05) is 0 Å². The highest BCUT2D eigenvalue weighted by Gasteiger charge is 2.39. The van der Waals surface area contributed by atoms with Crippen LogP contribution in [0.5, 0.6) is 0 Å². The Labute approximate surface area is 101 Å². The van der Waals surface area contributed by atoms with Crippen molar-refractivity contribution < 1.29 is 13.9 Å². The number of alkyl halides is 3. The summed E-state index contributed by atoms with van der Waals surface area (Å²) in [4.78, 5) is 0. The quantitative estimate of drug-likeness (QED) is 0.618. The highest BCUT2D eigenvalue weighted by molar-refractivity contribution is 14.1. The summed E-state index contributed by atoms with van der Waals surface area (Å²) in [6.45, 7) is 1.78. The molecule has 0 spiro atoms. The molecule has 0 aromatic rings. The maximum atomic E-state index is 13.2. The molecule has 1 aliphatic rings. The van der Waals surface area contributed by atoms with E-state index in [0.29, 0.717) is 12.0 Å². The van der Waals surface area contributed by atoms with Crippen molar-refractivity contribution in [3.8, 4) is 0 Å². The van der Waals surface area contributed by atoms with Crippen LogP contribution in [0.1, 0.15) is 19.8 Å². The van der Waals surface area contributed by atoms with E-state index < -0.39 is 16.0 Å². The minimum atomic E-state index is -2.87. The van der Waals surface area contributed by atoms with Gasteiger partial charge in [-0.05, 0) is 41.0 Å². The van der Waals surface area contributed by atoms with Crippen LogP contribution >= 0.6 is 22.6 Å². The van der Waals surface area contributed by atoms with E-state index in [9.17, 15) is 13.9 Å². The number of hydrogen-bond donors (Lipinski definition) is 2. The van der Waals surface area contributed by atoms with Crippen LogP contribution in [0.2, 0.25) is 0 Å². The molecule has 0 fully saturated rings. The minimum absolute atomic E-state index is 0.117. The molecular formula is C10H14F2INO. The predicted octanol–water partition coefficient (Wildman–Crippen LogP) is 2.57. The molecule has 0 amide bonds. The van der Waals surface area contributed by atoms with E-state index in [-0.39, 0.29) is 12.1 Å². The lowest BCUT2D eigenvalue weighted by Gasteiger charge is -2.27.